The molecule has 2 nitrogen and oxygen atoms in total. The van der Waals surface area contributed by atoms with E-state index in [-0.39, 0.29) is 30.9 Å². The maximum absolute atomic E-state index is 13.5. The number of benzene rings is 1. The molecule has 0 bridgehead atoms. The van der Waals surface area contributed by atoms with E-state index < -0.39 is 11.6 Å². The van der Waals surface area contributed by atoms with Crippen molar-refractivity contribution in [2.24, 2.45) is 5.92 Å². The van der Waals surface area contributed by atoms with Gasteiger partial charge in [-0.25, -0.2) is 8.78 Å². The van der Waals surface area contributed by atoms with Gasteiger partial charge in [-0.15, -0.1) is 24.8 Å². The molecule has 1 N–H and O–H groups in total. The molecular formula is C15H22Cl2F2N2. The van der Waals surface area contributed by atoms with Crippen molar-refractivity contribution < 1.29 is 8.78 Å². The van der Waals surface area contributed by atoms with Crippen LogP contribution in [0.3, 0.4) is 0 Å². The normalized spacial score (nSPS) is 20.3. The lowest BCUT2D eigenvalue weighted by Crippen LogP contribution is -2.45. The highest BCUT2D eigenvalue weighted by atomic mass is 35.5. The Balaban J connectivity index is 0.00000110. The van der Waals surface area contributed by atoms with E-state index >= 15 is 0 Å². The molecule has 1 atom stereocenters. The van der Waals surface area contributed by atoms with Gasteiger partial charge in [-0.2, -0.15) is 0 Å². The first-order valence-corrected chi connectivity index (χ1v) is 7.14. The Morgan fingerprint density at radius 3 is 2.33 bits per heavy atom. The summed E-state index contributed by atoms with van der Waals surface area (Å²) in [6.07, 6.45) is 3.64. The van der Waals surface area contributed by atoms with Gasteiger partial charge in [0.05, 0.1) is 0 Å². The third-order valence-electron chi connectivity index (χ3n) is 4.17. The largest absolute Gasteiger partial charge is 0.314 e. The summed E-state index contributed by atoms with van der Waals surface area (Å²) >= 11 is 0. The molecular weight excluding hydrogens is 317 g/mol. The predicted molar refractivity (Wildman–Crippen MR) is 85.4 cm³/mol. The molecule has 0 amide bonds. The van der Waals surface area contributed by atoms with E-state index in [1.165, 1.54) is 25.0 Å². The van der Waals surface area contributed by atoms with Gasteiger partial charge in [0.1, 0.15) is 0 Å². The Morgan fingerprint density at radius 2 is 1.76 bits per heavy atom. The molecule has 0 radical (unpaired) electrons. The lowest BCUT2D eigenvalue weighted by atomic mass is 9.98. The summed E-state index contributed by atoms with van der Waals surface area (Å²) in [5.41, 5.74) is 0.924. The van der Waals surface area contributed by atoms with Gasteiger partial charge in [-0.1, -0.05) is 18.9 Å². The third kappa shape index (κ3) is 4.78. The van der Waals surface area contributed by atoms with Crippen molar-refractivity contribution in [1.29, 1.82) is 0 Å². The number of nitrogens with one attached hydrogen (secondary N) is 1. The van der Waals surface area contributed by atoms with Crippen molar-refractivity contribution in [3.8, 4) is 0 Å². The van der Waals surface area contributed by atoms with Crippen LogP contribution in [0.15, 0.2) is 18.2 Å². The third-order valence-corrected chi connectivity index (χ3v) is 4.17. The molecule has 1 aromatic rings. The highest BCUT2D eigenvalue weighted by Crippen LogP contribution is 2.40. The molecule has 3 rings (SSSR count). The van der Waals surface area contributed by atoms with Crippen molar-refractivity contribution >= 4 is 24.8 Å². The van der Waals surface area contributed by atoms with Crippen LogP contribution in [0, 0.1) is 17.6 Å². The van der Waals surface area contributed by atoms with Crippen LogP contribution in [0.1, 0.15) is 30.9 Å². The van der Waals surface area contributed by atoms with Gasteiger partial charge in [-0.05, 0) is 30.0 Å². The minimum atomic E-state index is -0.755. The van der Waals surface area contributed by atoms with Crippen LogP contribution in [0.25, 0.3) is 0 Å². The molecule has 1 aliphatic heterocycles. The maximum Gasteiger partial charge on any atom is 0.159 e. The highest BCUT2D eigenvalue weighted by Gasteiger charge is 2.30. The number of rotatable bonds is 4. The summed E-state index contributed by atoms with van der Waals surface area (Å²) in [7, 11) is 0. The van der Waals surface area contributed by atoms with Crippen molar-refractivity contribution in [2.45, 2.75) is 25.3 Å². The average molecular weight is 339 g/mol. The first-order chi connectivity index (χ1) is 9.24. The molecule has 0 aromatic heterocycles. The SMILES string of the molecule is Cl.Cl.Fc1ccc([C@@H](CC2CC2)N2CCNCC2)cc1F. The molecule has 2 aliphatic rings. The summed E-state index contributed by atoms with van der Waals surface area (Å²) in [5, 5.41) is 3.33. The number of piperazine rings is 1. The van der Waals surface area contributed by atoms with Gasteiger partial charge in [0, 0.05) is 32.2 Å². The highest BCUT2D eigenvalue weighted by molar-refractivity contribution is 5.85. The second kappa shape index (κ2) is 8.28. The van der Waals surface area contributed by atoms with Crippen LogP contribution in [0.2, 0.25) is 0 Å². The van der Waals surface area contributed by atoms with Crippen LogP contribution in [0.4, 0.5) is 8.78 Å². The lowest BCUT2D eigenvalue weighted by molar-refractivity contribution is 0.160. The second-order valence-corrected chi connectivity index (χ2v) is 5.65. The number of hydrogen-bond acceptors (Lipinski definition) is 2. The van der Waals surface area contributed by atoms with Crippen LogP contribution in [0.5, 0.6) is 0 Å². The Morgan fingerprint density at radius 1 is 1.10 bits per heavy atom. The van der Waals surface area contributed by atoms with E-state index in [1.807, 2.05) is 0 Å². The van der Waals surface area contributed by atoms with Gasteiger partial charge < -0.3 is 5.32 Å². The maximum atomic E-state index is 13.5. The molecule has 1 aromatic carbocycles. The second-order valence-electron chi connectivity index (χ2n) is 5.65. The van der Waals surface area contributed by atoms with E-state index in [4.69, 9.17) is 0 Å². The minimum Gasteiger partial charge on any atom is -0.314 e. The number of halogens is 4. The van der Waals surface area contributed by atoms with Crippen molar-refractivity contribution in [2.75, 3.05) is 26.2 Å². The molecule has 1 aliphatic carbocycles. The first-order valence-electron chi connectivity index (χ1n) is 7.14. The van der Waals surface area contributed by atoms with E-state index in [2.05, 4.69) is 10.2 Å². The Bertz CT molecular complexity index is 449. The van der Waals surface area contributed by atoms with Crippen LogP contribution < -0.4 is 5.32 Å². The fourth-order valence-electron chi connectivity index (χ4n) is 2.88. The molecule has 0 unspecified atom stereocenters. The van der Waals surface area contributed by atoms with Crippen LogP contribution >= 0.6 is 24.8 Å². The van der Waals surface area contributed by atoms with Crippen LogP contribution in [-0.4, -0.2) is 31.1 Å². The standard InChI is InChI=1S/C15H20F2N2.2ClH/c16-13-4-3-12(10-14(13)17)15(9-11-1-2-11)19-7-5-18-6-8-19;;/h3-4,10-11,15,18H,1-2,5-9H2;2*1H/t15-;;/m1../s1. The fourth-order valence-corrected chi connectivity index (χ4v) is 2.88. The molecule has 1 saturated heterocycles. The molecule has 21 heavy (non-hydrogen) atoms. The van der Waals surface area contributed by atoms with Gasteiger partial charge >= 0.3 is 0 Å². The van der Waals surface area contributed by atoms with E-state index in [9.17, 15) is 8.78 Å². The average Bonchev–Trinajstić information content (AvgIpc) is 3.24. The fraction of sp³-hybridized carbons (Fsp3) is 0.600. The quantitative estimate of drug-likeness (QED) is 0.902. The smallest absolute Gasteiger partial charge is 0.159 e. The summed E-state index contributed by atoms with van der Waals surface area (Å²) in [5.74, 6) is -0.712. The number of nitrogens with zero attached hydrogens (tertiary/aromatic N) is 1. The Kier molecular flexibility index (Phi) is 7.34. The zero-order chi connectivity index (χ0) is 13.2. The summed E-state index contributed by atoms with van der Waals surface area (Å²) in [4.78, 5) is 2.40. The molecule has 1 saturated carbocycles. The molecule has 2 fully saturated rings. The Labute approximate surface area is 137 Å². The van der Waals surface area contributed by atoms with Gasteiger partial charge in [0.25, 0.3) is 0 Å². The summed E-state index contributed by atoms with van der Waals surface area (Å²) < 4.78 is 26.5. The summed E-state index contributed by atoms with van der Waals surface area (Å²) in [6, 6.07) is 4.62. The summed E-state index contributed by atoms with van der Waals surface area (Å²) in [6.45, 7) is 3.92. The number of hydrogen-bond donors (Lipinski definition) is 1. The Hall–Kier alpha value is -0.420. The lowest BCUT2D eigenvalue weighted by Gasteiger charge is -2.35. The topological polar surface area (TPSA) is 15.3 Å². The molecule has 6 heteroatoms. The first kappa shape index (κ1) is 18.6. The predicted octanol–water partition coefficient (Wildman–Crippen LogP) is 3.55. The van der Waals surface area contributed by atoms with Gasteiger partial charge in [0.15, 0.2) is 11.6 Å². The van der Waals surface area contributed by atoms with Crippen molar-refractivity contribution in [1.82, 2.24) is 10.2 Å². The molecule has 1 heterocycles. The molecule has 120 valence electrons. The van der Waals surface area contributed by atoms with Crippen molar-refractivity contribution in [3.05, 3.63) is 35.4 Å². The molecule has 0 spiro atoms. The van der Waals surface area contributed by atoms with E-state index in [1.54, 1.807) is 6.07 Å². The van der Waals surface area contributed by atoms with E-state index in [0.29, 0.717) is 0 Å². The van der Waals surface area contributed by atoms with Gasteiger partial charge in [-0.3, -0.25) is 4.90 Å². The van der Waals surface area contributed by atoms with Gasteiger partial charge in [0.2, 0.25) is 0 Å². The monoisotopic (exact) mass is 338 g/mol. The zero-order valence-electron chi connectivity index (χ0n) is 11.9. The zero-order valence-corrected chi connectivity index (χ0v) is 13.5. The van der Waals surface area contributed by atoms with Crippen molar-refractivity contribution in [3.63, 3.8) is 0 Å². The minimum absolute atomic E-state index is 0. The van der Waals surface area contributed by atoms with E-state index in [0.717, 1.165) is 44.1 Å². The van der Waals surface area contributed by atoms with Crippen LogP contribution in [-0.2, 0) is 0 Å².